The molecule has 0 atom stereocenters. The summed E-state index contributed by atoms with van der Waals surface area (Å²) in [6, 6.07) is 9.95. The molecular formula is C16H19N5S2. The number of hydrogen-bond acceptors (Lipinski definition) is 6. The first-order valence-electron chi connectivity index (χ1n) is 7.69. The van der Waals surface area contributed by atoms with Gasteiger partial charge in [-0.2, -0.15) is 4.80 Å². The third-order valence-corrected chi connectivity index (χ3v) is 5.54. The Morgan fingerprint density at radius 3 is 2.78 bits per heavy atom. The van der Waals surface area contributed by atoms with Crippen molar-refractivity contribution >= 4 is 23.1 Å². The Morgan fingerprint density at radius 2 is 2.00 bits per heavy atom. The Kier molecular flexibility index (Phi) is 5.76. The van der Waals surface area contributed by atoms with Gasteiger partial charge in [-0.3, -0.25) is 0 Å². The highest BCUT2D eigenvalue weighted by Gasteiger charge is 2.05. The molecule has 7 heteroatoms. The van der Waals surface area contributed by atoms with E-state index in [1.54, 1.807) is 16.1 Å². The van der Waals surface area contributed by atoms with Crippen molar-refractivity contribution in [3.63, 3.8) is 0 Å². The average Bonchev–Trinajstić information content (AvgIpc) is 3.21. The van der Waals surface area contributed by atoms with Gasteiger partial charge in [0.2, 0.25) is 5.82 Å². The molecule has 0 aliphatic heterocycles. The Hall–Kier alpha value is -1.73. The Balaban J connectivity index is 1.35. The number of thiazole rings is 1. The van der Waals surface area contributed by atoms with Gasteiger partial charge in [0.1, 0.15) is 4.34 Å². The third-order valence-electron chi connectivity index (χ3n) is 3.31. The van der Waals surface area contributed by atoms with E-state index in [9.17, 15) is 0 Å². The van der Waals surface area contributed by atoms with E-state index >= 15 is 0 Å². The number of benzene rings is 1. The lowest BCUT2D eigenvalue weighted by Gasteiger charge is -1.99. The fourth-order valence-electron chi connectivity index (χ4n) is 2.13. The number of hydrogen-bond donors (Lipinski definition) is 0. The van der Waals surface area contributed by atoms with Gasteiger partial charge in [-0.15, -0.1) is 21.5 Å². The van der Waals surface area contributed by atoms with Crippen molar-refractivity contribution < 1.29 is 0 Å². The molecule has 2 aromatic heterocycles. The maximum Gasteiger partial charge on any atom is 0.204 e. The largest absolute Gasteiger partial charge is 0.235 e. The van der Waals surface area contributed by atoms with Crippen molar-refractivity contribution in [3.8, 4) is 11.4 Å². The number of thioether (sulfide) groups is 1. The first-order chi connectivity index (χ1) is 11.3. The summed E-state index contributed by atoms with van der Waals surface area (Å²) in [4.78, 5) is 6.15. The Labute approximate surface area is 144 Å². The molecule has 23 heavy (non-hydrogen) atoms. The summed E-state index contributed by atoms with van der Waals surface area (Å²) < 4.78 is 1.17. The van der Waals surface area contributed by atoms with Crippen LogP contribution in [0.1, 0.15) is 25.0 Å². The Bertz CT molecular complexity index is 723. The SMILES string of the molecule is Cc1csc(SCCCCCn2nnc(-c3ccccc3)n2)n1. The molecule has 0 spiro atoms. The van der Waals surface area contributed by atoms with Crippen LogP contribution in [0, 0.1) is 6.92 Å². The van der Waals surface area contributed by atoms with Gasteiger partial charge in [0.25, 0.3) is 0 Å². The van der Waals surface area contributed by atoms with Gasteiger partial charge >= 0.3 is 0 Å². The smallest absolute Gasteiger partial charge is 0.204 e. The van der Waals surface area contributed by atoms with Gasteiger partial charge in [0, 0.05) is 22.4 Å². The van der Waals surface area contributed by atoms with Crippen LogP contribution in [-0.4, -0.2) is 30.9 Å². The minimum atomic E-state index is 0.695. The molecule has 0 aliphatic carbocycles. The lowest BCUT2D eigenvalue weighted by molar-refractivity contribution is 0.487. The maximum absolute atomic E-state index is 4.46. The van der Waals surface area contributed by atoms with Gasteiger partial charge in [-0.05, 0) is 25.0 Å². The molecule has 120 valence electrons. The summed E-state index contributed by atoms with van der Waals surface area (Å²) in [5.41, 5.74) is 2.12. The molecule has 0 unspecified atom stereocenters. The van der Waals surface area contributed by atoms with E-state index in [0.717, 1.165) is 30.0 Å². The van der Waals surface area contributed by atoms with Gasteiger partial charge in [-0.1, -0.05) is 48.5 Å². The molecular weight excluding hydrogens is 326 g/mol. The lowest BCUT2D eigenvalue weighted by Crippen LogP contribution is -2.02. The molecule has 0 saturated heterocycles. The fraction of sp³-hybridized carbons (Fsp3) is 0.375. The zero-order valence-corrected chi connectivity index (χ0v) is 14.7. The molecule has 2 heterocycles. The summed E-state index contributed by atoms with van der Waals surface area (Å²) in [7, 11) is 0. The molecule has 0 amide bonds. The van der Waals surface area contributed by atoms with E-state index < -0.39 is 0 Å². The number of nitrogens with zero attached hydrogens (tertiary/aromatic N) is 5. The average molecular weight is 345 g/mol. The van der Waals surface area contributed by atoms with Gasteiger partial charge < -0.3 is 0 Å². The number of aryl methyl sites for hydroxylation is 2. The second-order valence-corrected chi connectivity index (χ2v) is 7.44. The van der Waals surface area contributed by atoms with Gasteiger partial charge in [-0.25, -0.2) is 4.98 Å². The zero-order chi connectivity index (χ0) is 15.9. The van der Waals surface area contributed by atoms with E-state index in [2.05, 4.69) is 25.8 Å². The Morgan fingerprint density at radius 1 is 1.13 bits per heavy atom. The van der Waals surface area contributed by atoms with Gasteiger partial charge in [0.05, 0.1) is 6.54 Å². The number of rotatable bonds is 8. The van der Waals surface area contributed by atoms with Crippen LogP contribution in [0.3, 0.4) is 0 Å². The van der Waals surface area contributed by atoms with E-state index in [0.29, 0.717) is 5.82 Å². The molecule has 0 radical (unpaired) electrons. The maximum atomic E-state index is 4.46. The first-order valence-corrected chi connectivity index (χ1v) is 9.56. The molecule has 1 aromatic carbocycles. The van der Waals surface area contributed by atoms with Crippen LogP contribution in [0.2, 0.25) is 0 Å². The van der Waals surface area contributed by atoms with E-state index in [1.807, 2.05) is 49.0 Å². The van der Waals surface area contributed by atoms with Crippen LogP contribution in [0.5, 0.6) is 0 Å². The number of tetrazole rings is 1. The predicted octanol–water partition coefficient (Wildman–Crippen LogP) is 4.07. The molecule has 3 rings (SSSR count). The second kappa shape index (κ2) is 8.21. The van der Waals surface area contributed by atoms with E-state index in [4.69, 9.17) is 0 Å². The monoisotopic (exact) mass is 345 g/mol. The molecule has 3 aromatic rings. The van der Waals surface area contributed by atoms with Crippen LogP contribution >= 0.6 is 23.1 Å². The van der Waals surface area contributed by atoms with E-state index in [1.165, 1.54) is 17.2 Å². The molecule has 0 aliphatic rings. The first kappa shape index (κ1) is 16.1. The second-order valence-electron chi connectivity index (χ2n) is 5.24. The van der Waals surface area contributed by atoms with Crippen LogP contribution in [0.4, 0.5) is 0 Å². The van der Waals surface area contributed by atoms with Gasteiger partial charge in [0.15, 0.2) is 0 Å². The normalized spacial score (nSPS) is 11.0. The summed E-state index contributed by atoms with van der Waals surface area (Å²) in [5.74, 6) is 1.81. The molecule has 0 N–H and O–H groups in total. The molecule has 0 bridgehead atoms. The fourth-order valence-corrected chi connectivity index (χ4v) is 4.05. The van der Waals surface area contributed by atoms with Crippen molar-refractivity contribution in [3.05, 3.63) is 41.4 Å². The number of aromatic nitrogens is 5. The number of unbranched alkanes of at least 4 members (excludes halogenated alkanes) is 2. The molecule has 0 saturated carbocycles. The van der Waals surface area contributed by atoms with Crippen molar-refractivity contribution in [1.82, 2.24) is 25.2 Å². The summed E-state index contributed by atoms with van der Waals surface area (Å²) in [6.07, 6.45) is 3.42. The van der Waals surface area contributed by atoms with Crippen molar-refractivity contribution in [1.29, 1.82) is 0 Å². The zero-order valence-electron chi connectivity index (χ0n) is 13.1. The topological polar surface area (TPSA) is 56.5 Å². The molecule has 5 nitrogen and oxygen atoms in total. The summed E-state index contributed by atoms with van der Waals surface area (Å²) in [5, 5.41) is 14.8. The molecule has 0 fully saturated rings. The van der Waals surface area contributed by atoms with E-state index in [-0.39, 0.29) is 0 Å². The van der Waals surface area contributed by atoms with Crippen LogP contribution in [0.15, 0.2) is 40.1 Å². The van der Waals surface area contributed by atoms with Crippen LogP contribution in [0.25, 0.3) is 11.4 Å². The highest BCUT2D eigenvalue weighted by atomic mass is 32.2. The minimum Gasteiger partial charge on any atom is -0.235 e. The standard InChI is InChI=1S/C16H19N5S2/c1-13-12-23-16(17-13)22-11-7-3-6-10-21-19-15(18-20-21)14-8-4-2-5-9-14/h2,4-5,8-9,12H,3,6-7,10-11H2,1H3. The highest BCUT2D eigenvalue weighted by Crippen LogP contribution is 2.23. The van der Waals surface area contributed by atoms with Crippen molar-refractivity contribution in [2.24, 2.45) is 0 Å². The van der Waals surface area contributed by atoms with Crippen molar-refractivity contribution in [2.75, 3.05) is 5.75 Å². The minimum absolute atomic E-state index is 0.695. The highest BCUT2D eigenvalue weighted by molar-refractivity contribution is 8.00. The predicted molar refractivity (Wildman–Crippen MR) is 94.7 cm³/mol. The quantitative estimate of drug-likeness (QED) is 0.455. The lowest BCUT2D eigenvalue weighted by atomic mass is 10.2. The summed E-state index contributed by atoms with van der Waals surface area (Å²) in [6.45, 7) is 2.86. The van der Waals surface area contributed by atoms with Crippen LogP contribution in [-0.2, 0) is 6.54 Å². The van der Waals surface area contributed by atoms with Crippen LogP contribution < -0.4 is 0 Å². The van der Waals surface area contributed by atoms with Crippen molar-refractivity contribution in [2.45, 2.75) is 37.1 Å². The third kappa shape index (κ3) is 4.87. The summed E-state index contributed by atoms with van der Waals surface area (Å²) >= 11 is 3.58.